The Morgan fingerprint density at radius 3 is 2.40 bits per heavy atom. The van der Waals surface area contributed by atoms with Crippen molar-refractivity contribution < 1.29 is 4.79 Å². The summed E-state index contributed by atoms with van der Waals surface area (Å²) < 4.78 is 0.800. The molecule has 0 fully saturated rings. The van der Waals surface area contributed by atoms with Crippen LogP contribution in [0.25, 0.3) is 0 Å². The SMILES string of the molecule is O=C(Nc1ccc(Cl)cc1Br)C1Cc2ccccc2C1. The summed E-state index contributed by atoms with van der Waals surface area (Å²) in [6, 6.07) is 13.6. The summed E-state index contributed by atoms with van der Waals surface area (Å²) in [7, 11) is 0. The number of rotatable bonds is 2. The monoisotopic (exact) mass is 349 g/mol. The van der Waals surface area contributed by atoms with E-state index in [1.54, 1.807) is 12.1 Å². The molecule has 1 aliphatic rings. The van der Waals surface area contributed by atoms with Gasteiger partial charge < -0.3 is 5.32 Å². The number of amides is 1. The van der Waals surface area contributed by atoms with E-state index in [0.29, 0.717) is 5.02 Å². The Morgan fingerprint density at radius 1 is 1.15 bits per heavy atom. The first-order valence-electron chi connectivity index (χ1n) is 6.46. The molecule has 0 atom stereocenters. The Balaban J connectivity index is 1.72. The molecular weight excluding hydrogens is 338 g/mol. The molecule has 0 aliphatic heterocycles. The van der Waals surface area contributed by atoms with Crippen LogP contribution in [-0.2, 0) is 17.6 Å². The van der Waals surface area contributed by atoms with E-state index < -0.39 is 0 Å². The predicted octanol–water partition coefficient (Wildman–Crippen LogP) is 4.46. The van der Waals surface area contributed by atoms with Crippen molar-refractivity contribution in [1.82, 2.24) is 0 Å². The molecule has 1 N–H and O–H groups in total. The normalized spacial score (nSPS) is 14.1. The van der Waals surface area contributed by atoms with Gasteiger partial charge in [-0.25, -0.2) is 0 Å². The molecule has 1 amide bonds. The van der Waals surface area contributed by atoms with Crippen LogP contribution >= 0.6 is 27.5 Å². The molecule has 0 radical (unpaired) electrons. The lowest BCUT2D eigenvalue weighted by Gasteiger charge is -2.12. The molecule has 4 heteroatoms. The molecule has 1 aliphatic carbocycles. The number of anilines is 1. The van der Waals surface area contributed by atoms with Gasteiger partial charge in [0.05, 0.1) is 5.69 Å². The van der Waals surface area contributed by atoms with E-state index in [0.717, 1.165) is 23.0 Å². The quantitative estimate of drug-likeness (QED) is 0.851. The minimum Gasteiger partial charge on any atom is -0.325 e. The molecule has 0 bridgehead atoms. The molecule has 0 aromatic heterocycles. The molecule has 2 aromatic rings. The third kappa shape index (κ3) is 2.74. The fraction of sp³-hybridized carbons (Fsp3) is 0.188. The molecular formula is C16H13BrClNO. The van der Waals surface area contributed by atoms with Gasteiger partial charge in [0.25, 0.3) is 0 Å². The van der Waals surface area contributed by atoms with Crippen molar-refractivity contribution in [3.63, 3.8) is 0 Å². The van der Waals surface area contributed by atoms with Crippen molar-refractivity contribution in [1.29, 1.82) is 0 Å². The van der Waals surface area contributed by atoms with Gasteiger partial charge in [0.1, 0.15) is 0 Å². The average molecular weight is 351 g/mol. The second-order valence-electron chi connectivity index (χ2n) is 4.99. The maximum absolute atomic E-state index is 12.4. The Morgan fingerprint density at radius 2 is 1.80 bits per heavy atom. The molecule has 102 valence electrons. The zero-order valence-electron chi connectivity index (χ0n) is 10.7. The fourth-order valence-electron chi connectivity index (χ4n) is 2.57. The van der Waals surface area contributed by atoms with Crippen molar-refractivity contribution in [2.45, 2.75) is 12.8 Å². The maximum Gasteiger partial charge on any atom is 0.228 e. The summed E-state index contributed by atoms with van der Waals surface area (Å²) in [5.74, 6) is 0.0687. The van der Waals surface area contributed by atoms with Crippen molar-refractivity contribution in [2.24, 2.45) is 5.92 Å². The van der Waals surface area contributed by atoms with Crippen LogP contribution in [0.15, 0.2) is 46.9 Å². The second-order valence-corrected chi connectivity index (χ2v) is 6.28. The molecule has 0 spiro atoms. The first-order valence-corrected chi connectivity index (χ1v) is 7.63. The number of hydrogen-bond acceptors (Lipinski definition) is 1. The first-order chi connectivity index (χ1) is 9.63. The van der Waals surface area contributed by atoms with Gasteiger partial charge >= 0.3 is 0 Å². The standard InChI is InChI=1S/C16H13BrClNO/c17-14-9-13(18)5-6-15(14)19-16(20)12-7-10-3-1-2-4-11(10)8-12/h1-6,9,12H,7-8H2,(H,19,20). The highest BCUT2D eigenvalue weighted by Gasteiger charge is 2.27. The lowest BCUT2D eigenvalue weighted by molar-refractivity contribution is -0.119. The predicted molar refractivity (Wildman–Crippen MR) is 85.1 cm³/mol. The number of halogens is 2. The van der Waals surface area contributed by atoms with Gasteiger partial charge in [-0.3, -0.25) is 4.79 Å². The molecule has 2 aromatic carbocycles. The van der Waals surface area contributed by atoms with Crippen LogP contribution in [0.3, 0.4) is 0 Å². The van der Waals surface area contributed by atoms with Crippen molar-refractivity contribution in [3.05, 3.63) is 63.1 Å². The summed E-state index contributed by atoms with van der Waals surface area (Å²) >= 11 is 9.31. The van der Waals surface area contributed by atoms with Gasteiger partial charge in [-0.2, -0.15) is 0 Å². The smallest absolute Gasteiger partial charge is 0.228 e. The zero-order chi connectivity index (χ0) is 14.1. The van der Waals surface area contributed by atoms with Crippen LogP contribution < -0.4 is 5.32 Å². The summed E-state index contributed by atoms with van der Waals surface area (Å²) in [4.78, 5) is 12.4. The number of carbonyl (C=O) groups excluding carboxylic acids is 1. The van der Waals surface area contributed by atoms with Crippen molar-refractivity contribution in [2.75, 3.05) is 5.32 Å². The van der Waals surface area contributed by atoms with Gasteiger partial charge in [0.2, 0.25) is 5.91 Å². The van der Waals surface area contributed by atoms with Crippen LogP contribution in [0.2, 0.25) is 5.02 Å². The van der Waals surface area contributed by atoms with E-state index in [2.05, 4.69) is 33.4 Å². The Bertz CT molecular complexity index is 646. The zero-order valence-corrected chi connectivity index (χ0v) is 13.0. The maximum atomic E-state index is 12.4. The van der Waals surface area contributed by atoms with E-state index in [-0.39, 0.29) is 11.8 Å². The van der Waals surface area contributed by atoms with Crippen LogP contribution in [0.5, 0.6) is 0 Å². The highest BCUT2D eigenvalue weighted by Crippen LogP contribution is 2.30. The largest absolute Gasteiger partial charge is 0.325 e. The van der Waals surface area contributed by atoms with Crippen molar-refractivity contribution in [3.8, 4) is 0 Å². The third-order valence-electron chi connectivity index (χ3n) is 3.61. The summed E-state index contributed by atoms with van der Waals surface area (Å²) in [6.07, 6.45) is 1.63. The molecule has 0 unspecified atom stereocenters. The third-order valence-corrected chi connectivity index (χ3v) is 4.50. The van der Waals surface area contributed by atoms with Gasteiger partial charge in [-0.15, -0.1) is 0 Å². The van der Waals surface area contributed by atoms with Gasteiger partial charge in [-0.1, -0.05) is 35.9 Å². The van der Waals surface area contributed by atoms with Gasteiger partial charge in [-0.05, 0) is 58.1 Å². The number of benzene rings is 2. The Kier molecular flexibility index (Phi) is 3.81. The summed E-state index contributed by atoms with van der Waals surface area (Å²) in [6.45, 7) is 0. The van der Waals surface area contributed by atoms with Crippen LogP contribution in [0, 0.1) is 5.92 Å². The van der Waals surface area contributed by atoms with Gasteiger partial charge in [0.15, 0.2) is 0 Å². The summed E-state index contributed by atoms with van der Waals surface area (Å²) in [5.41, 5.74) is 3.32. The molecule has 3 rings (SSSR count). The minimum absolute atomic E-state index is 0.00924. The average Bonchev–Trinajstić information content (AvgIpc) is 2.86. The number of carbonyl (C=O) groups is 1. The van der Waals surface area contributed by atoms with Crippen LogP contribution in [-0.4, -0.2) is 5.91 Å². The lowest BCUT2D eigenvalue weighted by Crippen LogP contribution is -2.23. The fourth-order valence-corrected chi connectivity index (χ4v) is 3.35. The van der Waals surface area contributed by atoms with Crippen LogP contribution in [0.4, 0.5) is 5.69 Å². The van der Waals surface area contributed by atoms with E-state index in [4.69, 9.17) is 11.6 Å². The Labute approximate surface area is 131 Å². The number of hydrogen-bond donors (Lipinski definition) is 1. The highest BCUT2D eigenvalue weighted by molar-refractivity contribution is 9.10. The van der Waals surface area contributed by atoms with E-state index in [1.165, 1.54) is 11.1 Å². The van der Waals surface area contributed by atoms with Crippen molar-refractivity contribution >= 4 is 39.1 Å². The molecule has 0 saturated heterocycles. The van der Waals surface area contributed by atoms with E-state index >= 15 is 0 Å². The highest BCUT2D eigenvalue weighted by atomic mass is 79.9. The molecule has 2 nitrogen and oxygen atoms in total. The number of nitrogens with one attached hydrogen (secondary N) is 1. The Hall–Kier alpha value is -1.32. The van der Waals surface area contributed by atoms with Gasteiger partial charge in [0, 0.05) is 15.4 Å². The van der Waals surface area contributed by atoms with Crippen LogP contribution in [0.1, 0.15) is 11.1 Å². The second kappa shape index (κ2) is 5.58. The first kappa shape index (κ1) is 13.7. The lowest BCUT2D eigenvalue weighted by atomic mass is 10.1. The molecule has 0 heterocycles. The molecule has 20 heavy (non-hydrogen) atoms. The minimum atomic E-state index is 0.00924. The van der Waals surface area contributed by atoms with E-state index in [9.17, 15) is 4.79 Å². The molecule has 0 saturated carbocycles. The van der Waals surface area contributed by atoms with E-state index in [1.807, 2.05) is 18.2 Å². The topological polar surface area (TPSA) is 29.1 Å². The summed E-state index contributed by atoms with van der Waals surface area (Å²) in [5, 5.41) is 3.61. The number of fused-ring (bicyclic) bond motifs is 1.